The van der Waals surface area contributed by atoms with Crippen molar-refractivity contribution in [3.05, 3.63) is 36.4 Å². The van der Waals surface area contributed by atoms with E-state index in [2.05, 4.69) is 22.8 Å². The van der Waals surface area contributed by atoms with Gasteiger partial charge < -0.3 is 10.6 Å². The molecular weight excluding hydrogens is 288 g/mol. The molecule has 122 valence electrons. The minimum Gasteiger partial charge on any atom is -0.326 e. The van der Waals surface area contributed by atoms with Crippen LogP contribution in [0.2, 0.25) is 0 Å². The molecule has 0 radical (unpaired) electrons. The van der Waals surface area contributed by atoms with Gasteiger partial charge in [-0.3, -0.25) is 9.59 Å². The first-order valence-electron chi connectivity index (χ1n) is 8.40. The summed E-state index contributed by atoms with van der Waals surface area (Å²) in [7, 11) is 0. The predicted octanol–water partition coefficient (Wildman–Crippen LogP) is 3.82. The largest absolute Gasteiger partial charge is 0.326 e. The molecule has 0 aliphatic heterocycles. The number of rotatable bonds is 5. The predicted molar refractivity (Wildman–Crippen MR) is 92.0 cm³/mol. The summed E-state index contributed by atoms with van der Waals surface area (Å²) in [5, 5.41) is 5.87. The molecule has 23 heavy (non-hydrogen) atoms. The lowest BCUT2D eigenvalue weighted by Crippen LogP contribution is -2.25. The molecule has 0 spiro atoms. The van der Waals surface area contributed by atoms with E-state index < -0.39 is 0 Å². The Morgan fingerprint density at radius 1 is 1.04 bits per heavy atom. The molecule has 2 N–H and O–H groups in total. The summed E-state index contributed by atoms with van der Waals surface area (Å²) in [6.07, 6.45) is 7.03. The van der Waals surface area contributed by atoms with Crippen LogP contribution >= 0.6 is 0 Å². The van der Waals surface area contributed by atoms with Gasteiger partial charge in [-0.05, 0) is 54.9 Å². The molecule has 1 aromatic rings. The fourth-order valence-electron chi connectivity index (χ4n) is 3.54. The Morgan fingerprint density at radius 3 is 2.22 bits per heavy atom. The van der Waals surface area contributed by atoms with Gasteiger partial charge in [0.2, 0.25) is 11.8 Å². The van der Waals surface area contributed by atoms with Crippen LogP contribution in [0.1, 0.15) is 33.1 Å². The Bertz CT molecular complexity index is 619. The number of anilines is 2. The molecule has 2 aliphatic rings. The number of allylic oxidation sites excluding steroid dienone is 2. The fraction of sp³-hybridized carbons (Fsp3) is 0.474. The van der Waals surface area contributed by atoms with Crippen molar-refractivity contribution in [3.8, 4) is 0 Å². The third-order valence-corrected chi connectivity index (χ3v) is 4.65. The molecule has 1 aromatic carbocycles. The second-order valence-electron chi connectivity index (χ2n) is 7.10. The van der Waals surface area contributed by atoms with Gasteiger partial charge in [-0.25, -0.2) is 0 Å². The zero-order valence-corrected chi connectivity index (χ0v) is 13.7. The van der Waals surface area contributed by atoms with Gasteiger partial charge in [-0.1, -0.05) is 26.0 Å². The zero-order valence-electron chi connectivity index (χ0n) is 13.7. The zero-order chi connectivity index (χ0) is 16.4. The summed E-state index contributed by atoms with van der Waals surface area (Å²) < 4.78 is 0. The van der Waals surface area contributed by atoms with Crippen LogP contribution in [0.4, 0.5) is 11.4 Å². The van der Waals surface area contributed by atoms with Crippen LogP contribution in [0.3, 0.4) is 0 Å². The van der Waals surface area contributed by atoms with Gasteiger partial charge in [0.25, 0.3) is 0 Å². The van der Waals surface area contributed by atoms with E-state index in [0.29, 0.717) is 24.2 Å². The minimum absolute atomic E-state index is 0.0190. The highest BCUT2D eigenvalue weighted by Gasteiger charge is 2.39. The van der Waals surface area contributed by atoms with E-state index >= 15 is 0 Å². The van der Waals surface area contributed by atoms with Gasteiger partial charge in [0.15, 0.2) is 0 Å². The van der Waals surface area contributed by atoms with Crippen molar-refractivity contribution < 1.29 is 9.59 Å². The van der Waals surface area contributed by atoms with Crippen molar-refractivity contribution >= 4 is 23.2 Å². The first-order chi connectivity index (χ1) is 11.0. The highest BCUT2D eigenvalue weighted by molar-refractivity contribution is 5.94. The number of benzene rings is 1. The highest BCUT2D eigenvalue weighted by atomic mass is 16.2. The Balaban J connectivity index is 1.54. The van der Waals surface area contributed by atoms with Gasteiger partial charge in [-0.2, -0.15) is 0 Å². The fourth-order valence-corrected chi connectivity index (χ4v) is 3.54. The van der Waals surface area contributed by atoms with Gasteiger partial charge in [0, 0.05) is 23.7 Å². The van der Waals surface area contributed by atoms with Crippen LogP contribution in [0.25, 0.3) is 0 Å². The third-order valence-electron chi connectivity index (χ3n) is 4.65. The van der Waals surface area contributed by atoms with Crippen molar-refractivity contribution in [2.45, 2.75) is 33.1 Å². The van der Waals surface area contributed by atoms with Crippen molar-refractivity contribution in [2.24, 2.45) is 23.7 Å². The van der Waals surface area contributed by atoms with Crippen molar-refractivity contribution in [1.82, 2.24) is 0 Å². The Morgan fingerprint density at radius 2 is 1.70 bits per heavy atom. The maximum absolute atomic E-state index is 12.4. The molecule has 1 fully saturated rings. The SMILES string of the molecule is CC(C)CC(=O)Nc1ccc(NC(=O)[C@@H]2C[C@H]3C=C[C@H]2C3)cc1. The number of nitrogens with one attached hydrogen (secondary N) is 2. The van der Waals surface area contributed by atoms with E-state index in [1.54, 1.807) is 0 Å². The second-order valence-corrected chi connectivity index (χ2v) is 7.10. The topological polar surface area (TPSA) is 58.2 Å². The normalized spacial score (nSPS) is 24.9. The molecule has 4 nitrogen and oxygen atoms in total. The Labute approximate surface area is 137 Å². The molecule has 0 saturated heterocycles. The van der Waals surface area contributed by atoms with Crippen molar-refractivity contribution in [1.29, 1.82) is 0 Å². The van der Waals surface area contributed by atoms with E-state index in [4.69, 9.17) is 0 Å². The molecular formula is C19H24N2O2. The second kappa shape index (κ2) is 6.57. The van der Waals surface area contributed by atoms with Gasteiger partial charge in [0.1, 0.15) is 0 Å². The van der Waals surface area contributed by atoms with E-state index in [0.717, 1.165) is 24.2 Å². The molecule has 0 aromatic heterocycles. The summed E-state index contributed by atoms with van der Waals surface area (Å²) in [6, 6.07) is 7.33. The molecule has 0 unspecified atom stereocenters. The molecule has 2 aliphatic carbocycles. The molecule has 3 rings (SSSR count). The van der Waals surface area contributed by atoms with Gasteiger partial charge >= 0.3 is 0 Å². The van der Waals surface area contributed by atoms with Gasteiger partial charge in [0.05, 0.1) is 0 Å². The maximum Gasteiger partial charge on any atom is 0.228 e. The molecule has 3 atom stereocenters. The molecule has 0 heterocycles. The number of fused-ring (bicyclic) bond motifs is 2. The molecule has 4 heteroatoms. The smallest absolute Gasteiger partial charge is 0.228 e. The molecule has 1 saturated carbocycles. The summed E-state index contributed by atoms with van der Waals surface area (Å²) in [5.41, 5.74) is 1.54. The quantitative estimate of drug-likeness (QED) is 0.812. The van der Waals surface area contributed by atoms with E-state index in [1.165, 1.54) is 0 Å². The highest BCUT2D eigenvalue weighted by Crippen LogP contribution is 2.43. The van der Waals surface area contributed by atoms with Crippen LogP contribution in [-0.2, 0) is 9.59 Å². The number of hydrogen-bond acceptors (Lipinski definition) is 2. The monoisotopic (exact) mass is 312 g/mol. The standard InChI is InChI=1S/C19H24N2O2/c1-12(2)9-18(22)20-15-5-7-16(8-6-15)21-19(23)17-11-13-3-4-14(17)10-13/h3-8,12-14,17H,9-11H2,1-2H3,(H,20,22)(H,21,23)/t13-,14-,17+/m0/s1. The van der Waals surface area contributed by atoms with Crippen LogP contribution < -0.4 is 10.6 Å². The van der Waals surface area contributed by atoms with E-state index in [1.807, 2.05) is 38.1 Å². The van der Waals surface area contributed by atoms with Crippen molar-refractivity contribution in [3.63, 3.8) is 0 Å². The summed E-state index contributed by atoms with van der Waals surface area (Å²) >= 11 is 0. The summed E-state index contributed by atoms with van der Waals surface area (Å²) in [5.74, 6) is 1.58. The van der Waals surface area contributed by atoms with E-state index in [9.17, 15) is 9.59 Å². The Hall–Kier alpha value is -2.10. The maximum atomic E-state index is 12.4. The van der Waals surface area contributed by atoms with E-state index in [-0.39, 0.29) is 17.7 Å². The summed E-state index contributed by atoms with van der Waals surface area (Å²) in [6.45, 7) is 4.03. The van der Waals surface area contributed by atoms with Crippen LogP contribution in [0.5, 0.6) is 0 Å². The number of hydrogen-bond donors (Lipinski definition) is 2. The van der Waals surface area contributed by atoms with Crippen LogP contribution in [0.15, 0.2) is 36.4 Å². The number of carbonyl (C=O) groups excluding carboxylic acids is 2. The first kappa shape index (κ1) is 15.8. The average molecular weight is 312 g/mol. The summed E-state index contributed by atoms with van der Waals surface area (Å²) in [4.78, 5) is 24.1. The first-order valence-corrected chi connectivity index (χ1v) is 8.40. The Kier molecular flexibility index (Phi) is 4.51. The molecule has 2 bridgehead atoms. The van der Waals surface area contributed by atoms with Gasteiger partial charge in [-0.15, -0.1) is 0 Å². The van der Waals surface area contributed by atoms with Crippen LogP contribution in [0, 0.1) is 23.7 Å². The lowest BCUT2D eigenvalue weighted by Gasteiger charge is -2.17. The third kappa shape index (κ3) is 3.81. The lowest BCUT2D eigenvalue weighted by atomic mass is 9.93. The number of amides is 2. The molecule has 2 amide bonds. The number of carbonyl (C=O) groups is 2. The van der Waals surface area contributed by atoms with Crippen molar-refractivity contribution in [2.75, 3.05) is 10.6 Å². The van der Waals surface area contributed by atoms with Crippen LogP contribution in [-0.4, -0.2) is 11.8 Å². The average Bonchev–Trinajstić information content (AvgIpc) is 3.11. The lowest BCUT2D eigenvalue weighted by molar-refractivity contribution is -0.120. The minimum atomic E-state index is 0.0190.